The molecule has 4 rings (SSSR count). The Morgan fingerprint density at radius 1 is 1.24 bits per heavy atom. The molecule has 0 aliphatic carbocycles. The van der Waals surface area contributed by atoms with Crippen molar-refractivity contribution in [2.75, 3.05) is 25.5 Å². The van der Waals surface area contributed by atoms with E-state index in [4.69, 9.17) is 16.3 Å². The number of carbonyl (C=O) groups excluding carboxylic acids is 1. The van der Waals surface area contributed by atoms with Gasteiger partial charge in [0.2, 0.25) is 0 Å². The van der Waals surface area contributed by atoms with Gasteiger partial charge in [-0.05, 0) is 73.1 Å². The molecule has 29 heavy (non-hydrogen) atoms. The van der Waals surface area contributed by atoms with Crippen LogP contribution < -0.4 is 10.1 Å². The van der Waals surface area contributed by atoms with E-state index in [1.807, 2.05) is 6.07 Å². The maximum atomic E-state index is 13.0. The number of amides is 1. The number of ether oxygens (including phenoxy) is 1. The van der Waals surface area contributed by atoms with Crippen molar-refractivity contribution in [3.63, 3.8) is 0 Å². The summed E-state index contributed by atoms with van der Waals surface area (Å²) in [5.41, 5.74) is 1.79. The van der Waals surface area contributed by atoms with Gasteiger partial charge >= 0.3 is 0 Å². The highest BCUT2D eigenvalue weighted by molar-refractivity contribution is 8.03. The fourth-order valence-corrected chi connectivity index (χ4v) is 5.12. The average molecular weight is 431 g/mol. The molecule has 1 unspecified atom stereocenters. The highest BCUT2D eigenvalue weighted by Crippen LogP contribution is 2.31. The molecule has 1 amide bonds. The van der Waals surface area contributed by atoms with Crippen LogP contribution in [-0.2, 0) is 9.52 Å². The Kier molecular flexibility index (Phi) is 5.42. The Balaban J connectivity index is 1.55. The average Bonchev–Trinajstić information content (AvgIpc) is 2.99. The van der Waals surface area contributed by atoms with Crippen LogP contribution in [0.5, 0.6) is 5.75 Å². The van der Waals surface area contributed by atoms with E-state index in [1.165, 1.54) is 0 Å². The third-order valence-electron chi connectivity index (χ3n) is 5.26. The van der Waals surface area contributed by atoms with E-state index in [-0.39, 0.29) is 12.0 Å². The first-order valence-electron chi connectivity index (χ1n) is 9.47. The third kappa shape index (κ3) is 4.34. The molecule has 2 aromatic carbocycles. The number of hydrogen-bond acceptors (Lipinski definition) is 4. The normalized spacial score (nSPS) is 21.7. The molecule has 1 fully saturated rings. The molecule has 7 heteroatoms. The van der Waals surface area contributed by atoms with E-state index >= 15 is 0 Å². The molecule has 2 heterocycles. The third-order valence-corrected chi connectivity index (χ3v) is 7.17. The second-order valence-corrected chi connectivity index (χ2v) is 10.1. The molecule has 1 N–H and O–H groups in total. The summed E-state index contributed by atoms with van der Waals surface area (Å²) in [5.74, 6) is 3.97. The quantitative estimate of drug-likeness (QED) is 0.741. The van der Waals surface area contributed by atoms with Gasteiger partial charge in [-0.3, -0.25) is 9.00 Å². The number of likely N-dealkylation sites (tertiary alicyclic amines) is 1. The molecule has 5 nitrogen and oxygen atoms in total. The van der Waals surface area contributed by atoms with Crippen LogP contribution in [0.25, 0.3) is 6.08 Å². The highest BCUT2D eigenvalue weighted by Gasteiger charge is 2.22. The molecule has 0 bridgehead atoms. The minimum Gasteiger partial charge on any atom is -0.489 e. The minimum absolute atomic E-state index is 0.0702. The van der Waals surface area contributed by atoms with Gasteiger partial charge in [-0.15, -0.1) is 0 Å². The molecule has 0 saturated carbocycles. The van der Waals surface area contributed by atoms with E-state index < -0.39 is 9.52 Å². The number of fused-ring (bicyclic) bond motifs is 1. The van der Waals surface area contributed by atoms with Crippen molar-refractivity contribution in [1.29, 1.82) is 0 Å². The molecule has 0 aromatic heterocycles. The Morgan fingerprint density at radius 3 is 2.76 bits per heavy atom. The topological polar surface area (TPSA) is 58.6 Å². The number of piperidine rings is 1. The van der Waals surface area contributed by atoms with Gasteiger partial charge in [0.15, 0.2) is 0 Å². The van der Waals surface area contributed by atoms with Gasteiger partial charge in [0.25, 0.3) is 5.91 Å². The predicted octanol–water partition coefficient (Wildman–Crippen LogP) is 4.12. The van der Waals surface area contributed by atoms with Crippen LogP contribution in [0.1, 0.15) is 28.8 Å². The lowest BCUT2D eigenvalue weighted by Gasteiger charge is -2.29. The molecule has 1 saturated heterocycles. The smallest absolute Gasteiger partial charge is 0.259 e. The number of carbonyl (C=O) groups is 1. The van der Waals surface area contributed by atoms with Gasteiger partial charge in [-0.25, -0.2) is 0 Å². The second kappa shape index (κ2) is 7.86. The van der Waals surface area contributed by atoms with Crippen LogP contribution >= 0.6 is 11.6 Å². The lowest BCUT2D eigenvalue weighted by atomic mass is 10.1. The first kappa shape index (κ1) is 20.0. The summed E-state index contributed by atoms with van der Waals surface area (Å²) in [6.45, 7) is 1.93. The Hall–Kier alpha value is -2.28. The van der Waals surface area contributed by atoms with Crippen molar-refractivity contribution in [2.45, 2.75) is 23.8 Å². The van der Waals surface area contributed by atoms with E-state index in [2.05, 4.69) is 23.1 Å². The van der Waals surface area contributed by atoms with Crippen molar-refractivity contribution >= 4 is 44.7 Å². The predicted molar refractivity (Wildman–Crippen MR) is 120 cm³/mol. The zero-order chi connectivity index (χ0) is 20.6. The summed E-state index contributed by atoms with van der Waals surface area (Å²) in [6, 6.07) is 10.4. The van der Waals surface area contributed by atoms with Gasteiger partial charge in [0.1, 0.15) is 11.9 Å². The van der Waals surface area contributed by atoms with Crippen LogP contribution in [0.2, 0.25) is 5.02 Å². The van der Waals surface area contributed by atoms with Gasteiger partial charge < -0.3 is 15.0 Å². The van der Waals surface area contributed by atoms with Gasteiger partial charge in [-0.2, -0.15) is 0 Å². The van der Waals surface area contributed by atoms with Gasteiger partial charge in [-0.1, -0.05) is 17.7 Å². The summed E-state index contributed by atoms with van der Waals surface area (Å²) < 4.78 is 18.7. The molecule has 2 aliphatic rings. The van der Waals surface area contributed by atoms with E-state index in [1.54, 1.807) is 41.8 Å². The van der Waals surface area contributed by atoms with Gasteiger partial charge in [0, 0.05) is 38.2 Å². The summed E-state index contributed by atoms with van der Waals surface area (Å²) in [4.78, 5) is 15.9. The molecule has 0 spiro atoms. The zero-order valence-corrected chi connectivity index (χ0v) is 17.8. The number of benzene rings is 2. The first-order valence-corrected chi connectivity index (χ1v) is 11.6. The molecule has 152 valence electrons. The zero-order valence-electron chi connectivity index (χ0n) is 16.2. The van der Waals surface area contributed by atoms with Crippen LogP contribution in [0.4, 0.5) is 5.69 Å². The van der Waals surface area contributed by atoms with Crippen molar-refractivity contribution in [2.24, 2.45) is 0 Å². The first-order chi connectivity index (χ1) is 13.8. The monoisotopic (exact) mass is 430 g/mol. The van der Waals surface area contributed by atoms with Crippen molar-refractivity contribution in [3.05, 3.63) is 58.0 Å². The van der Waals surface area contributed by atoms with Crippen molar-refractivity contribution < 1.29 is 13.7 Å². The second-order valence-electron chi connectivity index (χ2n) is 7.50. The largest absolute Gasteiger partial charge is 0.489 e. The number of halogens is 1. The van der Waals surface area contributed by atoms with E-state index in [0.29, 0.717) is 26.9 Å². The number of rotatable bonds is 4. The van der Waals surface area contributed by atoms with Crippen LogP contribution in [0.3, 0.4) is 0 Å². The lowest BCUT2D eigenvalue weighted by Crippen LogP contribution is -2.36. The molecule has 2 aromatic rings. The maximum Gasteiger partial charge on any atom is 0.259 e. The highest BCUT2D eigenvalue weighted by atomic mass is 35.5. The number of nitrogens with zero attached hydrogens (tertiary/aromatic N) is 1. The Labute approximate surface area is 176 Å². The summed E-state index contributed by atoms with van der Waals surface area (Å²) in [6.07, 6.45) is 3.69. The maximum absolute atomic E-state index is 13.0. The minimum atomic E-state index is -2.45. The summed E-state index contributed by atoms with van der Waals surface area (Å²) >= 11 is 6.14. The fourth-order valence-electron chi connectivity index (χ4n) is 3.57. The molecular formula is C22H23ClN2O3S. The Morgan fingerprint density at radius 2 is 2.00 bits per heavy atom. The number of nitrogens with one attached hydrogen (secondary N) is 1. The van der Waals surface area contributed by atoms with Gasteiger partial charge in [0.05, 0.1) is 5.56 Å². The molecule has 1 atom stereocenters. The van der Waals surface area contributed by atoms with Crippen molar-refractivity contribution in [1.82, 2.24) is 4.90 Å². The lowest BCUT2D eigenvalue weighted by molar-refractivity contribution is 0.0989. The van der Waals surface area contributed by atoms with E-state index in [9.17, 15) is 9.00 Å². The number of anilines is 1. The standard InChI is InChI=1S/C22H23ClN2O3S/c1-25-10-7-18(8-11-25)28-20-6-4-16(23)13-19(20)22(26)24-17-5-3-15-9-12-29(2,27)21(15)14-17/h3-6,9,12-14,18H,2,7-8,10-11H2,1H3,(H,24,26). The SMILES string of the molecule is C=S1(=O)C=Cc2ccc(NC(=O)c3cc(Cl)ccc3OC3CCN(C)CC3)cc21. The Bertz CT molecular complexity index is 1090. The van der Waals surface area contributed by atoms with Crippen LogP contribution in [0.15, 0.2) is 46.7 Å². The number of hydrogen-bond donors (Lipinski definition) is 1. The summed E-state index contributed by atoms with van der Waals surface area (Å²) in [7, 11) is -0.358. The van der Waals surface area contributed by atoms with Crippen LogP contribution in [-0.4, -0.2) is 47.1 Å². The van der Waals surface area contributed by atoms with E-state index in [0.717, 1.165) is 31.5 Å². The van der Waals surface area contributed by atoms with Crippen molar-refractivity contribution in [3.8, 4) is 5.75 Å². The fraction of sp³-hybridized carbons (Fsp3) is 0.273. The molecule has 2 aliphatic heterocycles. The van der Waals surface area contributed by atoms with Crippen LogP contribution in [0, 0.1) is 0 Å². The molecular weight excluding hydrogens is 408 g/mol. The molecule has 0 radical (unpaired) electrons. The summed E-state index contributed by atoms with van der Waals surface area (Å²) in [5, 5.41) is 4.94.